The first-order chi connectivity index (χ1) is 21.3. The zero-order valence-corrected chi connectivity index (χ0v) is 24.2. The Balaban J connectivity index is 1.32. The Morgan fingerprint density at radius 3 is 1.47 bits per heavy atom. The van der Waals surface area contributed by atoms with Crippen molar-refractivity contribution in [2.75, 3.05) is 5.32 Å². The molecule has 7 aromatic rings. The number of fused-ring (bicyclic) bond motifs is 2. The number of hydrogen-bond donors (Lipinski definition) is 1. The number of rotatable bonds is 7. The van der Waals surface area contributed by atoms with E-state index in [1.807, 2.05) is 24.4 Å². The van der Waals surface area contributed by atoms with E-state index in [9.17, 15) is 0 Å². The van der Waals surface area contributed by atoms with Crippen LogP contribution < -0.4 is 5.32 Å². The van der Waals surface area contributed by atoms with Gasteiger partial charge in [-0.25, -0.2) is 0 Å². The van der Waals surface area contributed by atoms with E-state index in [-0.39, 0.29) is 0 Å². The molecule has 7 aromatic carbocycles. The molecule has 0 heterocycles. The van der Waals surface area contributed by atoms with Gasteiger partial charge in [0.1, 0.15) is 0 Å². The predicted molar refractivity (Wildman–Crippen MR) is 186 cm³/mol. The van der Waals surface area contributed by atoms with Crippen LogP contribution in [0.5, 0.6) is 0 Å². The van der Waals surface area contributed by atoms with Crippen molar-refractivity contribution in [3.8, 4) is 33.4 Å². The Kier molecular flexibility index (Phi) is 7.25. The standard InChI is InChI=1S/C41H32N2/c1-2-28-42-38-18-10-11-19-39(38)43-33-26-24-32(25-27-33)41-36-16-8-6-14-34(36)40(35-15-7-9-17-37(35)41)31-22-20-30(21-23-31)29-12-4-3-5-13-29/h3-28,43H,2H2,1H3. The normalized spacial score (nSPS) is 11.4. The lowest BCUT2D eigenvalue weighted by molar-refractivity contribution is 1.31. The first-order valence-electron chi connectivity index (χ1n) is 14.9. The third kappa shape index (κ3) is 5.20. The van der Waals surface area contributed by atoms with Crippen LogP contribution in [0.1, 0.15) is 13.3 Å². The number of hydrogen-bond acceptors (Lipinski definition) is 2. The molecule has 0 amide bonds. The molecule has 0 aliphatic carbocycles. The molecule has 0 bridgehead atoms. The number of para-hydroxylation sites is 2. The highest BCUT2D eigenvalue weighted by atomic mass is 14.9. The van der Waals surface area contributed by atoms with E-state index in [0.717, 1.165) is 23.5 Å². The minimum atomic E-state index is 0.905. The second-order valence-corrected chi connectivity index (χ2v) is 10.7. The van der Waals surface area contributed by atoms with Crippen LogP contribution in [0.4, 0.5) is 17.1 Å². The maximum Gasteiger partial charge on any atom is 0.0860 e. The van der Waals surface area contributed by atoms with Crippen LogP contribution in [0.25, 0.3) is 54.9 Å². The molecular weight excluding hydrogens is 520 g/mol. The predicted octanol–water partition coefficient (Wildman–Crippen LogP) is 11.8. The Bertz CT molecular complexity index is 2000. The third-order valence-electron chi connectivity index (χ3n) is 7.98. The molecule has 0 atom stereocenters. The van der Waals surface area contributed by atoms with Crippen molar-refractivity contribution in [3.05, 3.63) is 152 Å². The SMILES string of the molecule is CCC=Nc1ccccc1Nc1ccc(-c2c3ccccc3c(-c3ccc(-c4ccccc4)cc3)c3ccccc23)cc1. The average molecular weight is 553 g/mol. The van der Waals surface area contributed by atoms with Crippen LogP contribution in [0, 0.1) is 0 Å². The maximum atomic E-state index is 4.62. The number of benzene rings is 7. The van der Waals surface area contributed by atoms with Crippen LogP contribution >= 0.6 is 0 Å². The minimum absolute atomic E-state index is 0.905. The Morgan fingerprint density at radius 1 is 0.465 bits per heavy atom. The van der Waals surface area contributed by atoms with E-state index < -0.39 is 0 Å². The zero-order valence-electron chi connectivity index (χ0n) is 24.2. The van der Waals surface area contributed by atoms with Crippen LogP contribution in [0.3, 0.4) is 0 Å². The summed E-state index contributed by atoms with van der Waals surface area (Å²) in [6.45, 7) is 2.10. The molecule has 0 spiro atoms. The summed E-state index contributed by atoms with van der Waals surface area (Å²) in [5, 5.41) is 8.59. The van der Waals surface area contributed by atoms with Crippen LogP contribution in [-0.2, 0) is 0 Å². The molecule has 206 valence electrons. The molecule has 0 aromatic heterocycles. The molecule has 2 nitrogen and oxygen atoms in total. The lowest BCUT2D eigenvalue weighted by Gasteiger charge is -2.18. The molecule has 7 rings (SSSR count). The fraction of sp³-hybridized carbons (Fsp3) is 0.0488. The first kappa shape index (κ1) is 26.4. The average Bonchev–Trinajstić information content (AvgIpc) is 3.08. The lowest BCUT2D eigenvalue weighted by Crippen LogP contribution is -1.93. The van der Waals surface area contributed by atoms with Crippen molar-refractivity contribution >= 4 is 44.8 Å². The van der Waals surface area contributed by atoms with Crippen LogP contribution in [-0.4, -0.2) is 6.21 Å². The second-order valence-electron chi connectivity index (χ2n) is 10.7. The Labute approximate surface area is 253 Å². The number of nitrogens with one attached hydrogen (secondary N) is 1. The molecule has 0 saturated carbocycles. The highest BCUT2D eigenvalue weighted by Gasteiger charge is 2.16. The van der Waals surface area contributed by atoms with E-state index >= 15 is 0 Å². The van der Waals surface area contributed by atoms with E-state index in [1.54, 1.807) is 0 Å². The monoisotopic (exact) mass is 552 g/mol. The van der Waals surface area contributed by atoms with Gasteiger partial charge in [-0.2, -0.15) is 0 Å². The summed E-state index contributed by atoms with van der Waals surface area (Å²) >= 11 is 0. The largest absolute Gasteiger partial charge is 0.354 e. The van der Waals surface area contributed by atoms with Gasteiger partial charge in [0.05, 0.1) is 11.4 Å². The summed E-state index contributed by atoms with van der Waals surface area (Å²) in [7, 11) is 0. The molecule has 0 radical (unpaired) electrons. The zero-order chi connectivity index (χ0) is 29.0. The highest BCUT2D eigenvalue weighted by Crippen LogP contribution is 2.44. The number of nitrogens with zero attached hydrogens (tertiary/aromatic N) is 1. The molecule has 0 unspecified atom stereocenters. The molecular formula is C41H32N2. The van der Waals surface area contributed by atoms with Crippen molar-refractivity contribution in [2.24, 2.45) is 4.99 Å². The van der Waals surface area contributed by atoms with E-state index in [1.165, 1.54) is 54.9 Å². The molecule has 2 heteroatoms. The first-order valence-corrected chi connectivity index (χ1v) is 14.9. The molecule has 0 aliphatic heterocycles. The topological polar surface area (TPSA) is 24.4 Å². The summed E-state index contributed by atoms with van der Waals surface area (Å²) in [4.78, 5) is 4.62. The van der Waals surface area contributed by atoms with Gasteiger partial charge in [0, 0.05) is 11.9 Å². The number of anilines is 2. The summed E-state index contributed by atoms with van der Waals surface area (Å²) < 4.78 is 0. The highest BCUT2D eigenvalue weighted by molar-refractivity contribution is 6.21. The van der Waals surface area contributed by atoms with Crippen molar-refractivity contribution in [3.63, 3.8) is 0 Å². The van der Waals surface area contributed by atoms with Crippen molar-refractivity contribution in [2.45, 2.75) is 13.3 Å². The summed E-state index contributed by atoms with van der Waals surface area (Å²) in [5.41, 5.74) is 10.4. The van der Waals surface area contributed by atoms with Crippen molar-refractivity contribution in [1.29, 1.82) is 0 Å². The maximum absolute atomic E-state index is 4.62. The molecule has 0 fully saturated rings. The van der Waals surface area contributed by atoms with Crippen molar-refractivity contribution < 1.29 is 0 Å². The minimum Gasteiger partial charge on any atom is -0.354 e. The van der Waals surface area contributed by atoms with Gasteiger partial charge >= 0.3 is 0 Å². The molecule has 0 aliphatic rings. The fourth-order valence-corrected chi connectivity index (χ4v) is 5.97. The lowest BCUT2D eigenvalue weighted by atomic mass is 9.85. The quantitative estimate of drug-likeness (QED) is 0.154. The van der Waals surface area contributed by atoms with E-state index in [2.05, 4.69) is 151 Å². The Hall–Kier alpha value is -5.47. The van der Waals surface area contributed by atoms with Gasteiger partial charge in [-0.05, 0) is 85.6 Å². The van der Waals surface area contributed by atoms with Crippen molar-refractivity contribution in [1.82, 2.24) is 0 Å². The van der Waals surface area contributed by atoms with Gasteiger partial charge in [0.2, 0.25) is 0 Å². The van der Waals surface area contributed by atoms with E-state index in [0.29, 0.717) is 0 Å². The second kappa shape index (κ2) is 11.8. The van der Waals surface area contributed by atoms with Gasteiger partial charge in [-0.3, -0.25) is 4.99 Å². The summed E-state index contributed by atoms with van der Waals surface area (Å²) in [5.74, 6) is 0. The van der Waals surface area contributed by atoms with Gasteiger partial charge in [-0.1, -0.05) is 134 Å². The van der Waals surface area contributed by atoms with Gasteiger partial charge in [0.15, 0.2) is 0 Å². The van der Waals surface area contributed by atoms with Gasteiger partial charge < -0.3 is 5.32 Å². The molecule has 43 heavy (non-hydrogen) atoms. The summed E-state index contributed by atoms with van der Waals surface area (Å²) in [6.07, 6.45) is 2.85. The van der Waals surface area contributed by atoms with Gasteiger partial charge in [0.25, 0.3) is 0 Å². The van der Waals surface area contributed by atoms with Gasteiger partial charge in [-0.15, -0.1) is 0 Å². The smallest absolute Gasteiger partial charge is 0.0860 e. The molecule has 0 saturated heterocycles. The fourth-order valence-electron chi connectivity index (χ4n) is 5.97. The number of aliphatic imine (C=N–C) groups is 1. The van der Waals surface area contributed by atoms with Crippen LogP contribution in [0.2, 0.25) is 0 Å². The van der Waals surface area contributed by atoms with Crippen LogP contribution in [0.15, 0.2) is 157 Å². The van der Waals surface area contributed by atoms with E-state index in [4.69, 9.17) is 0 Å². The Morgan fingerprint density at radius 2 is 0.907 bits per heavy atom. The summed E-state index contributed by atoms with van der Waals surface area (Å²) in [6, 6.07) is 54.1. The molecule has 1 N–H and O–H groups in total. The third-order valence-corrected chi connectivity index (χ3v) is 7.98.